The van der Waals surface area contributed by atoms with Gasteiger partial charge in [-0.15, -0.1) is 0 Å². The molecule has 0 saturated carbocycles. The Morgan fingerprint density at radius 1 is 0.966 bits per heavy atom. The van der Waals surface area contributed by atoms with Crippen LogP contribution < -0.4 is 9.47 Å². The van der Waals surface area contributed by atoms with Crippen LogP contribution in [-0.4, -0.2) is 60.2 Å². The van der Waals surface area contributed by atoms with Gasteiger partial charge in [0, 0.05) is 12.1 Å². The molecule has 4 rings (SSSR count). The molecule has 0 amide bonds. The van der Waals surface area contributed by atoms with Gasteiger partial charge in [0.25, 0.3) is 0 Å². The summed E-state index contributed by atoms with van der Waals surface area (Å²) in [4.78, 5) is 0. The lowest BCUT2D eigenvalue weighted by Gasteiger charge is -2.40. The van der Waals surface area contributed by atoms with Crippen LogP contribution in [0.1, 0.15) is 22.8 Å². The van der Waals surface area contributed by atoms with E-state index < -0.39 is 30.7 Å². The standard InChI is InChI=1S/C21H23ClO7/c1-26-21-19(25)17(23)18(24)20(29-21)12-3-4-14(22)13(10-12)8-11-2-5-15-16(9-11)28-7-6-27-15/h2-5,9-10,17-21,23-25H,6-8H2,1H3/t17-,18-,19+,20+,21+/m1/s1. The molecule has 2 aromatic carbocycles. The molecule has 1 fully saturated rings. The second kappa shape index (κ2) is 8.47. The Kier molecular flexibility index (Phi) is 5.96. The van der Waals surface area contributed by atoms with Gasteiger partial charge in [-0.25, -0.2) is 0 Å². The van der Waals surface area contributed by atoms with Gasteiger partial charge in [-0.1, -0.05) is 29.8 Å². The third-order valence-corrected chi connectivity index (χ3v) is 5.57. The normalized spacial score (nSPS) is 28.9. The van der Waals surface area contributed by atoms with Crippen LogP contribution in [0.25, 0.3) is 0 Å². The molecule has 29 heavy (non-hydrogen) atoms. The first kappa shape index (κ1) is 20.4. The van der Waals surface area contributed by atoms with Crippen molar-refractivity contribution in [2.24, 2.45) is 0 Å². The number of aliphatic hydroxyl groups excluding tert-OH is 3. The van der Waals surface area contributed by atoms with Gasteiger partial charge in [0.15, 0.2) is 17.8 Å². The molecule has 2 heterocycles. The molecule has 2 aliphatic heterocycles. The fourth-order valence-electron chi connectivity index (χ4n) is 3.64. The number of fused-ring (bicyclic) bond motifs is 1. The lowest BCUT2D eigenvalue weighted by molar-refractivity contribution is -0.292. The van der Waals surface area contributed by atoms with Crippen molar-refractivity contribution in [3.8, 4) is 11.5 Å². The Morgan fingerprint density at radius 3 is 2.48 bits per heavy atom. The third-order valence-electron chi connectivity index (χ3n) is 5.20. The first-order valence-corrected chi connectivity index (χ1v) is 9.75. The van der Waals surface area contributed by atoms with Crippen LogP contribution >= 0.6 is 11.6 Å². The van der Waals surface area contributed by atoms with Gasteiger partial charge in [0.2, 0.25) is 0 Å². The first-order valence-electron chi connectivity index (χ1n) is 9.37. The smallest absolute Gasteiger partial charge is 0.186 e. The highest BCUT2D eigenvalue weighted by molar-refractivity contribution is 6.31. The number of benzene rings is 2. The summed E-state index contributed by atoms with van der Waals surface area (Å²) < 4.78 is 21.9. The monoisotopic (exact) mass is 422 g/mol. The maximum absolute atomic E-state index is 10.4. The SMILES string of the molecule is CO[C@H]1O[C@@H](c2ccc(Cl)c(Cc3ccc4c(c3)OCCO4)c2)[C@H](O)[C@@H](O)[C@@H]1O. The Bertz CT molecular complexity index is 872. The number of ether oxygens (including phenoxy) is 4. The molecule has 1 saturated heterocycles. The summed E-state index contributed by atoms with van der Waals surface area (Å²) in [6, 6.07) is 11.0. The van der Waals surface area contributed by atoms with Crippen LogP contribution in [0.5, 0.6) is 11.5 Å². The van der Waals surface area contributed by atoms with Crippen molar-refractivity contribution in [3.05, 3.63) is 58.1 Å². The summed E-state index contributed by atoms with van der Waals surface area (Å²) >= 11 is 6.40. The lowest BCUT2D eigenvalue weighted by atomic mass is 9.92. The highest BCUT2D eigenvalue weighted by Crippen LogP contribution is 2.36. The van der Waals surface area contributed by atoms with Crippen LogP contribution in [-0.2, 0) is 15.9 Å². The third kappa shape index (κ3) is 4.07. The fourth-order valence-corrected chi connectivity index (χ4v) is 3.83. The number of rotatable bonds is 4. The number of hydrogen-bond donors (Lipinski definition) is 3. The first-order chi connectivity index (χ1) is 14.0. The van der Waals surface area contributed by atoms with E-state index in [9.17, 15) is 15.3 Å². The Morgan fingerprint density at radius 2 is 1.72 bits per heavy atom. The highest BCUT2D eigenvalue weighted by Gasteiger charge is 2.44. The molecule has 5 atom stereocenters. The van der Waals surface area contributed by atoms with Crippen molar-refractivity contribution < 1.29 is 34.3 Å². The summed E-state index contributed by atoms with van der Waals surface area (Å²) in [7, 11) is 1.37. The molecule has 0 radical (unpaired) electrons. The Hall–Kier alpha value is -1.87. The van der Waals surface area contributed by atoms with Crippen molar-refractivity contribution in [2.45, 2.75) is 37.1 Å². The lowest BCUT2D eigenvalue weighted by Crippen LogP contribution is -2.54. The minimum Gasteiger partial charge on any atom is -0.486 e. The maximum Gasteiger partial charge on any atom is 0.186 e. The van der Waals surface area contributed by atoms with Gasteiger partial charge >= 0.3 is 0 Å². The van der Waals surface area contributed by atoms with Gasteiger partial charge < -0.3 is 34.3 Å². The predicted molar refractivity (Wildman–Crippen MR) is 104 cm³/mol. The Balaban J connectivity index is 1.59. The highest BCUT2D eigenvalue weighted by atomic mass is 35.5. The van der Waals surface area contributed by atoms with Gasteiger partial charge in [0.05, 0.1) is 0 Å². The Labute approximate surface area is 173 Å². The van der Waals surface area contributed by atoms with E-state index in [1.54, 1.807) is 12.1 Å². The van der Waals surface area contributed by atoms with Crippen LogP contribution in [0.2, 0.25) is 5.02 Å². The van der Waals surface area contributed by atoms with E-state index in [0.29, 0.717) is 36.0 Å². The van der Waals surface area contributed by atoms with Crippen molar-refractivity contribution >= 4 is 11.6 Å². The van der Waals surface area contributed by atoms with E-state index >= 15 is 0 Å². The quantitative estimate of drug-likeness (QED) is 0.691. The van der Waals surface area contributed by atoms with Crippen molar-refractivity contribution in [1.29, 1.82) is 0 Å². The van der Waals surface area contributed by atoms with E-state index in [0.717, 1.165) is 16.9 Å². The van der Waals surface area contributed by atoms with Crippen LogP contribution in [0.3, 0.4) is 0 Å². The molecule has 2 aromatic rings. The summed E-state index contributed by atoms with van der Waals surface area (Å²) in [5.74, 6) is 1.42. The maximum atomic E-state index is 10.4. The number of halogens is 1. The number of hydrogen-bond acceptors (Lipinski definition) is 7. The van der Waals surface area contributed by atoms with Gasteiger partial charge in [-0.2, -0.15) is 0 Å². The molecule has 0 aromatic heterocycles. The van der Waals surface area contributed by atoms with Gasteiger partial charge in [-0.05, 0) is 41.3 Å². The zero-order chi connectivity index (χ0) is 20.5. The van der Waals surface area contributed by atoms with Gasteiger partial charge in [0.1, 0.15) is 37.6 Å². The summed E-state index contributed by atoms with van der Waals surface area (Å²) in [5.41, 5.74) is 2.44. The minimum absolute atomic E-state index is 0.512. The molecule has 0 spiro atoms. The van der Waals surface area contributed by atoms with E-state index in [1.807, 2.05) is 24.3 Å². The topological polar surface area (TPSA) is 97.6 Å². The zero-order valence-electron chi connectivity index (χ0n) is 15.8. The molecule has 2 aliphatic rings. The molecular weight excluding hydrogens is 400 g/mol. The number of aliphatic hydroxyl groups is 3. The summed E-state index contributed by atoms with van der Waals surface area (Å²) in [6.07, 6.45) is -5.42. The average molecular weight is 423 g/mol. The number of methoxy groups -OCH3 is 1. The van der Waals surface area contributed by atoms with E-state index in [2.05, 4.69) is 0 Å². The van der Waals surface area contributed by atoms with E-state index in [-0.39, 0.29) is 0 Å². The zero-order valence-corrected chi connectivity index (χ0v) is 16.6. The predicted octanol–water partition coefficient (Wildman–Crippen LogP) is 1.83. The molecule has 0 unspecified atom stereocenters. The fraction of sp³-hybridized carbons (Fsp3) is 0.429. The summed E-state index contributed by atoms with van der Waals surface area (Å²) in [5, 5.41) is 31.1. The molecule has 0 aliphatic carbocycles. The van der Waals surface area contributed by atoms with Crippen LogP contribution in [0.4, 0.5) is 0 Å². The second-order valence-corrected chi connectivity index (χ2v) is 7.55. The van der Waals surface area contributed by atoms with Crippen molar-refractivity contribution in [1.82, 2.24) is 0 Å². The minimum atomic E-state index is -1.39. The molecule has 156 valence electrons. The van der Waals surface area contributed by atoms with Crippen molar-refractivity contribution in [3.63, 3.8) is 0 Å². The molecular formula is C21H23ClO7. The summed E-state index contributed by atoms with van der Waals surface area (Å²) in [6.45, 7) is 1.05. The largest absolute Gasteiger partial charge is 0.486 e. The average Bonchev–Trinajstić information content (AvgIpc) is 2.74. The van der Waals surface area contributed by atoms with Crippen LogP contribution in [0, 0.1) is 0 Å². The molecule has 3 N–H and O–H groups in total. The molecule has 0 bridgehead atoms. The van der Waals surface area contributed by atoms with Crippen molar-refractivity contribution in [2.75, 3.05) is 20.3 Å². The van der Waals surface area contributed by atoms with Gasteiger partial charge in [-0.3, -0.25) is 0 Å². The molecule has 8 heteroatoms. The van der Waals surface area contributed by atoms with E-state index in [1.165, 1.54) is 7.11 Å². The molecule has 7 nitrogen and oxygen atoms in total. The van der Waals surface area contributed by atoms with Crippen LogP contribution in [0.15, 0.2) is 36.4 Å². The second-order valence-electron chi connectivity index (χ2n) is 7.14. The van der Waals surface area contributed by atoms with E-state index in [4.69, 9.17) is 30.5 Å².